The summed E-state index contributed by atoms with van der Waals surface area (Å²) in [4.78, 5) is 0. The van der Waals surface area contributed by atoms with E-state index in [9.17, 15) is 4.39 Å². The van der Waals surface area contributed by atoms with Gasteiger partial charge in [0.05, 0.1) is 0 Å². The third kappa shape index (κ3) is 1.04. The molecule has 0 fully saturated rings. The molecular formula is C6H7FO2. The van der Waals surface area contributed by atoms with Crippen molar-refractivity contribution in [1.29, 1.82) is 0 Å². The summed E-state index contributed by atoms with van der Waals surface area (Å²) in [6.45, 7) is 0. The minimum atomic E-state index is -0.723. The van der Waals surface area contributed by atoms with Crippen molar-refractivity contribution in [3.8, 4) is 0 Å². The molecule has 0 amide bonds. The van der Waals surface area contributed by atoms with E-state index in [0.29, 0.717) is 12.8 Å². The maximum atomic E-state index is 12.2. The van der Waals surface area contributed by atoms with Gasteiger partial charge in [-0.25, -0.2) is 4.39 Å². The SMILES string of the molecule is OC1=C(O)C(F)=CCC1. The van der Waals surface area contributed by atoms with Crippen molar-refractivity contribution >= 4 is 0 Å². The largest absolute Gasteiger partial charge is 0.508 e. The Morgan fingerprint density at radius 1 is 1.44 bits per heavy atom. The fourth-order valence-electron chi connectivity index (χ4n) is 0.689. The summed E-state index contributed by atoms with van der Waals surface area (Å²) < 4.78 is 12.2. The van der Waals surface area contributed by atoms with E-state index in [1.165, 1.54) is 6.08 Å². The highest BCUT2D eigenvalue weighted by Gasteiger charge is 2.12. The lowest BCUT2D eigenvalue weighted by Gasteiger charge is -2.05. The molecule has 0 atom stereocenters. The molecule has 0 unspecified atom stereocenters. The Balaban J connectivity index is 2.88. The summed E-state index contributed by atoms with van der Waals surface area (Å²) in [5.74, 6) is -1.59. The fourth-order valence-corrected chi connectivity index (χ4v) is 0.689. The first kappa shape index (κ1) is 6.13. The van der Waals surface area contributed by atoms with Gasteiger partial charge in [0.15, 0.2) is 11.6 Å². The van der Waals surface area contributed by atoms with Crippen LogP contribution in [0.15, 0.2) is 23.4 Å². The molecular weight excluding hydrogens is 123 g/mol. The standard InChI is InChI=1S/C6H7FO2/c7-4-2-1-3-5(8)6(4)9/h2,8-9H,1,3H2. The van der Waals surface area contributed by atoms with Crippen molar-refractivity contribution in [2.45, 2.75) is 12.8 Å². The molecule has 0 aromatic carbocycles. The molecule has 0 radical (unpaired) electrons. The van der Waals surface area contributed by atoms with Crippen LogP contribution in [0.25, 0.3) is 0 Å². The molecule has 0 bridgehead atoms. The molecule has 1 rings (SSSR count). The Morgan fingerprint density at radius 3 is 2.56 bits per heavy atom. The van der Waals surface area contributed by atoms with E-state index in [4.69, 9.17) is 10.2 Å². The van der Waals surface area contributed by atoms with Crippen molar-refractivity contribution in [3.05, 3.63) is 23.4 Å². The molecule has 0 spiro atoms. The zero-order chi connectivity index (χ0) is 6.85. The van der Waals surface area contributed by atoms with E-state index in [2.05, 4.69) is 0 Å². The second kappa shape index (κ2) is 2.09. The summed E-state index contributed by atoms with van der Waals surface area (Å²) >= 11 is 0. The Morgan fingerprint density at radius 2 is 2.11 bits per heavy atom. The average molecular weight is 130 g/mol. The summed E-state index contributed by atoms with van der Waals surface area (Å²) in [5, 5.41) is 17.3. The second-order valence-electron chi connectivity index (χ2n) is 1.89. The van der Waals surface area contributed by atoms with Crippen LogP contribution in [0.1, 0.15) is 12.8 Å². The van der Waals surface area contributed by atoms with Gasteiger partial charge >= 0.3 is 0 Å². The van der Waals surface area contributed by atoms with Gasteiger partial charge in [-0.3, -0.25) is 0 Å². The van der Waals surface area contributed by atoms with Gasteiger partial charge in [0.1, 0.15) is 5.76 Å². The first-order valence-electron chi connectivity index (χ1n) is 2.69. The molecule has 0 aromatic rings. The van der Waals surface area contributed by atoms with Gasteiger partial charge in [0, 0.05) is 6.42 Å². The third-order valence-electron chi connectivity index (χ3n) is 1.20. The van der Waals surface area contributed by atoms with Crippen LogP contribution in [0.2, 0.25) is 0 Å². The normalized spacial score (nSPS) is 19.9. The van der Waals surface area contributed by atoms with Crippen LogP contribution in [-0.2, 0) is 0 Å². The maximum Gasteiger partial charge on any atom is 0.189 e. The van der Waals surface area contributed by atoms with Crippen LogP contribution in [0.3, 0.4) is 0 Å². The number of allylic oxidation sites excluding steroid dienone is 3. The fraction of sp³-hybridized carbons (Fsp3) is 0.333. The van der Waals surface area contributed by atoms with E-state index in [1.807, 2.05) is 0 Å². The zero-order valence-corrected chi connectivity index (χ0v) is 4.76. The molecule has 1 aliphatic carbocycles. The van der Waals surface area contributed by atoms with Crippen LogP contribution >= 0.6 is 0 Å². The van der Waals surface area contributed by atoms with Gasteiger partial charge in [-0.05, 0) is 12.5 Å². The molecule has 9 heavy (non-hydrogen) atoms. The molecule has 2 nitrogen and oxygen atoms in total. The van der Waals surface area contributed by atoms with Crippen molar-refractivity contribution in [3.63, 3.8) is 0 Å². The predicted octanol–water partition coefficient (Wildman–Crippen LogP) is 1.96. The van der Waals surface area contributed by atoms with E-state index in [0.717, 1.165) is 0 Å². The lowest BCUT2D eigenvalue weighted by molar-refractivity contribution is 0.296. The lowest BCUT2D eigenvalue weighted by atomic mass is 10.1. The molecule has 0 saturated heterocycles. The van der Waals surface area contributed by atoms with E-state index < -0.39 is 11.6 Å². The summed E-state index contributed by atoms with van der Waals surface area (Å²) in [6, 6.07) is 0. The first-order chi connectivity index (χ1) is 4.22. The molecule has 50 valence electrons. The summed E-state index contributed by atoms with van der Waals surface area (Å²) in [6.07, 6.45) is 2.04. The van der Waals surface area contributed by atoms with Crippen LogP contribution in [0.5, 0.6) is 0 Å². The van der Waals surface area contributed by atoms with E-state index in [1.54, 1.807) is 0 Å². The smallest absolute Gasteiger partial charge is 0.189 e. The highest BCUT2D eigenvalue weighted by molar-refractivity contribution is 5.24. The monoisotopic (exact) mass is 130 g/mol. The molecule has 0 aromatic heterocycles. The van der Waals surface area contributed by atoms with Crippen LogP contribution in [0.4, 0.5) is 4.39 Å². The van der Waals surface area contributed by atoms with Gasteiger partial charge in [-0.1, -0.05) is 0 Å². The Labute approximate surface area is 51.9 Å². The molecule has 0 saturated carbocycles. The minimum absolute atomic E-state index is 0.255. The van der Waals surface area contributed by atoms with Gasteiger partial charge in [0.25, 0.3) is 0 Å². The lowest BCUT2D eigenvalue weighted by Crippen LogP contribution is -1.96. The highest BCUT2D eigenvalue weighted by atomic mass is 19.1. The van der Waals surface area contributed by atoms with Crippen LogP contribution in [-0.4, -0.2) is 10.2 Å². The summed E-state index contributed by atoms with van der Waals surface area (Å²) in [5.41, 5.74) is 0. The average Bonchev–Trinajstić information content (AvgIpc) is 1.83. The Hall–Kier alpha value is -0.990. The van der Waals surface area contributed by atoms with Gasteiger partial charge < -0.3 is 10.2 Å². The van der Waals surface area contributed by atoms with Gasteiger partial charge in [-0.15, -0.1) is 0 Å². The second-order valence-corrected chi connectivity index (χ2v) is 1.89. The maximum absolute atomic E-state index is 12.2. The number of halogens is 1. The molecule has 0 aliphatic heterocycles. The van der Waals surface area contributed by atoms with Crippen molar-refractivity contribution in [2.75, 3.05) is 0 Å². The Kier molecular flexibility index (Phi) is 1.42. The predicted molar refractivity (Wildman–Crippen MR) is 30.7 cm³/mol. The number of hydrogen-bond acceptors (Lipinski definition) is 2. The minimum Gasteiger partial charge on any atom is -0.508 e. The number of hydrogen-bond donors (Lipinski definition) is 2. The zero-order valence-electron chi connectivity index (χ0n) is 4.76. The number of rotatable bonds is 0. The summed E-state index contributed by atoms with van der Waals surface area (Å²) in [7, 11) is 0. The van der Waals surface area contributed by atoms with E-state index >= 15 is 0 Å². The van der Waals surface area contributed by atoms with E-state index in [-0.39, 0.29) is 5.76 Å². The number of aliphatic hydroxyl groups is 2. The quantitative estimate of drug-likeness (QED) is 0.526. The molecule has 0 heterocycles. The first-order valence-corrected chi connectivity index (χ1v) is 2.69. The van der Waals surface area contributed by atoms with Gasteiger partial charge in [0.2, 0.25) is 0 Å². The molecule has 2 N–H and O–H groups in total. The highest BCUT2D eigenvalue weighted by Crippen LogP contribution is 2.21. The third-order valence-corrected chi connectivity index (χ3v) is 1.20. The van der Waals surface area contributed by atoms with Crippen LogP contribution in [0, 0.1) is 0 Å². The van der Waals surface area contributed by atoms with Crippen molar-refractivity contribution in [1.82, 2.24) is 0 Å². The Bertz CT molecular complexity index is 181. The molecule has 1 aliphatic rings. The number of aliphatic hydroxyl groups excluding tert-OH is 2. The van der Waals surface area contributed by atoms with Crippen molar-refractivity contribution in [2.24, 2.45) is 0 Å². The van der Waals surface area contributed by atoms with Crippen LogP contribution < -0.4 is 0 Å². The topological polar surface area (TPSA) is 40.5 Å². The van der Waals surface area contributed by atoms with Crippen molar-refractivity contribution < 1.29 is 14.6 Å². The molecule has 3 heteroatoms. The van der Waals surface area contributed by atoms with Gasteiger partial charge in [-0.2, -0.15) is 0 Å².